The number of rotatable bonds is 5. The summed E-state index contributed by atoms with van der Waals surface area (Å²) < 4.78 is 10.5. The lowest BCUT2D eigenvalue weighted by atomic mass is 10.2. The number of ether oxygens (including phenoxy) is 2. The van der Waals surface area contributed by atoms with Crippen molar-refractivity contribution in [1.82, 2.24) is 5.43 Å². The van der Waals surface area contributed by atoms with E-state index in [2.05, 4.69) is 5.10 Å². The van der Waals surface area contributed by atoms with Crippen molar-refractivity contribution in [2.45, 2.75) is 6.92 Å². The molecule has 0 unspecified atom stereocenters. The SMILES string of the molecule is CCOc1cc(/C=N\NC(=O)C(N)=O)ccc1OC. The van der Waals surface area contributed by atoms with Crippen LogP contribution in [0, 0.1) is 0 Å². The van der Waals surface area contributed by atoms with Crippen molar-refractivity contribution in [2.24, 2.45) is 10.8 Å². The molecule has 0 radical (unpaired) electrons. The van der Waals surface area contributed by atoms with Gasteiger partial charge in [0.2, 0.25) is 0 Å². The molecule has 0 aliphatic carbocycles. The highest BCUT2D eigenvalue weighted by molar-refractivity contribution is 6.34. The monoisotopic (exact) mass is 265 g/mol. The molecule has 7 heteroatoms. The Balaban J connectivity index is 2.79. The zero-order chi connectivity index (χ0) is 14.3. The first-order valence-corrected chi connectivity index (χ1v) is 5.52. The Labute approximate surface area is 110 Å². The molecule has 102 valence electrons. The van der Waals surface area contributed by atoms with E-state index in [1.807, 2.05) is 12.3 Å². The second kappa shape index (κ2) is 7.00. The molecule has 0 fully saturated rings. The molecule has 0 heterocycles. The Hall–Kier alpha value is -2.57. The molecule has 0 aliphatic rings. The van der Waals surface area contributed by atoms with Gasteiger partial charge in [0.1, 0.15) is 0 Å². The molecule has 0 saturated carbocycles. The van der Waals surface area contributed by atoms with E-state index in [0.29, 0.717) is 23.7 Å². The largest absolute Gasteiger partial charge is 0.493 e. The molecule has 3 N–H and O–H groups in total. The van der Waals surface area contributed by atoms with Gasteiger partial charge in [-0.3, -0.25) is 9.59 Å². The predicted molar refractivity (Wildman–Crippen MR) is 69.1 cm³/mol. The Bertz CT molecular complexity index is 500. The number of nitrogens with zero attached hydrogens (tertiary/aromatic N) is 1. The predicted octanol–water partition coefficient (Wildman–Crippen LogP) is 0.0293. The van der Waals surface area contributed by atoms with E-state index < -0.39 is 11.8 Å². The van der Waals surface area contributed by atoms with Crippen LogP contribution in [-0.2, 0) is 9.59 Å². The summed E-state index contributed by atoms with van der Waals surface area (Å²) in [6.45, 7) is 2.35. The van der Waals surface area contributed by atoms with Crippen LogP contribution in [0.15, 0.2) is 23.3 Å². The van der Waals surface area contributed by atoms with Gasteiger partial charge in [0.25, 0.3) is 0 Å². The van der Waals surface area contributed by atoms with Gasteiger partial charge in [0.05, 0.1) is 19.9 Å². The van der Waals surface area contributed by atoms with Crippen molar-refractivity contribution in [2.75, 3.05) is 13.7 Å². The number of nitrogens with two attached hydrogens (primary N) is 1. The molecule has 0 saturated heterocycles. The molecule has 19 heavy (non-hydrogen) atoms. The van der Waals surface area contributed by atoms with E-state index >= 15 is 0 Å². The van der Waals surface area contributed by atoms with Gasteiger partial charge >= 0.3 is 11.8 Å². The quantitative estimate of drug-likeness (QED) is 0.445. The van der Waals surface area contributed by atoms with Crippen LogP contribution < -0.4 is 20.6 Å². The van der Waals surface area contributed by atoms with Crippen LogP contribution in [0.2, 0.25) is 0 Å². The summed E-state index contributed by atoms with van der Waals surface area (Å²) in [4.78, 5) is 21.3. The minimum absolute atomic E-state index is 0.495. The lowest BCUT2D eigenvalue weighted by molar-refractivity contribution is -0.137. The van der Waals surface area contributed by atoms with Crippen molar-refractivity contribution in [3.05, 3.63) is 23.8 Å². The van der Waals surface area contributed by atoms with Gasteiger partial charge in [-0.05, 0) is 30.7 Å². The second-order valence-corrected chi connectivity index (χ2v) is 3.41. The zero-order valence-electron chi connectivity index (χ0n) is 10.7. The summed E-state index contributed by atoms with van der Waals surface area (Å²) >= 11 is 0. The summed E-state index contributed by atoms with van der Waals surface area (Å²) in [5, 5.41) is 3.60. The Kier molecular flexibility index (Phi) is 5.34. The van der Waals surface area contributed by atoms with Crippen LogP contribution in [0.1, 0.15) is 12.5 Å². The molecule has 7 nitrogen and oxygen atoms in total. The number of carbonyl (C=O) groups is 2. The van der Waals surface area contributed by atoms with Crippen LogP contribution in [-0.4, -0.2) is 31.7 Å². The zero-order valence-corrected chi connectivity index (χ0v) is 10.7. The highest BCUT2D eigenvalue weighted by atomic mass is 16.5. The summed E-state index contributed by atoms with van der Waals surface area (Å²) in [5.74, 6) is -0.910. The van der Waals surface area contributed by atoms with Crippen LogP contribution >= 0.6 is 0 Å². The maximum absolute atomic E-state index is 10.9. The summed E-state index contributed by atoms with van der Waals surface area (Å²) in [7, 11) is 1.54. The number of methoxy groups -OCH3 is 1. The Morgan fingerprint density at radius 1 is 1.42 bits per heavy atom. The number of carbonyl (C=O) groups excluding carboxylic acids is 2. The molecule has 0 atom stereocenters. The number of hydrazone groups is 1. The van der Waals surface area contributed by atoms with Gasteiger partial charge in [-0.15, -0.1) is 0 Å². The van der Waals surface area contributed by atoms with Crippen molar-refractivity contribution < 1.29 is 19.1 Å². The van der Waals surface area contributed by atoms with Gasteiger partial charge in [0.15, 0.2) is 11.5 Å². The van der Waals surface area contributed by atoms with Crippen LogP contribution in [0.3, 0.4) is 0 Å². The van der Waals surface area contributed by atoms with Gasteiger partial charge < -0.3 is 15.2 Å². The number of hydrogen-bond acceptors (Lipinski definition) is 5. The summed E-state index contributed by atoms with van der Waals surface area (Å²) in [6.07, 6.45) is 1.36. The van der Waals surface area contributed by atoms with E-state index in [4.69, 9.17) is 15.2 Å². The smallest absolute Gasteiger partial charge is 0.329 e. The number of hydrogen-bond donors (Lipinski definition) is 2. The maximum Gasteiger partial charge on any atom is 0.329 e. The molecule has 0 aromatic heterocycles. The number of benzene rings is 1. The third-order valence-corrected chi connectivity index (χ3v) is 2.09. The van der Waals surface area contributed by atoms with E-state index in [1.54, 1.807) is 25.3 Å². The molecule has 2 amide bonds. The fourth-order valence-corrected chi connectivity index (χ4v) is 1.26. The lowest BCUT2D eigenvalue weighted by Gasteiger charge is -2.09. The molecule has 0 bridgehead atoms. The van der Waals surface area contributed by atoms with E-state index in [-0.39, 0.29) is 0 Å². The maximum atomic E-state index is 10.9. The van der Waals surface area contributed by atoms with E-state index in [1.165, 1.54) is 6.21 Å². The second-order valence-electron chi connectivity index (χ2n) is 3.41. The van der Waals surface area contributed by atoms with Crippen molar-refractivity contribution >= 4 is 18.0 Å². The summed E-state index contributed by atoms with van der Waals surface area (Å²) in [5.41, 5.74) is 7.43. The lowest BCUT2D eigenvalue weighted by Crippen LogP contribution is -2.32. The van der Waals surface area contributed by atoms with Gasteiger partial charge in [0, 0.05) is 0 Å². The highest BCUT2D eigenvalue weighted by Crippen LogP contribution is 2.27. The fraction of sp³-hybridized carbons (Fsp3) is 0.250. The minimum atomic E-state index is -1.10. The van der Waals surface area contributed by atoms with Crippen LogP contribution in [0.25, 0.3) is 0 Å². The fourth-order valence-electron chi connectivity index (χ4n) is 1.26. The average Bonchev–Trinajstić information content (AvgIpc) is 2.39. The molecule has 0 spiro atoms. The van der Waals surface area contributed by atoms with E-state index in [9.17, 15) is 9.59 Å². The molecule has 1 aromatic rings. The van der Waals surface area contributed by atoms with Gasteiger partial charge in [-0.25, -0.2) is 5.43 Å². The van der Waals surface area contributed by atoms with Crippen LogP contribution in [0.5, 0.6) is 11.5 Å². The van der Waals surface area contributed by atoms with Crippen LogP contribution in [0.4, 0.5) is 0 Å². The number of amides is 2. The standard InChI is InChI=1S/C12H15N3O4/c1-3-19-10-6-8(4-5-9(10)18-2)7-14-15-12(17)11(13)16/h4-7H,3H2,1-2H3,(H2,13,16)(H,15,17)/b14-7-. The van der Waals surface area contributed by atoms with Gasteiger partial charge in [-0.1, -0.05) is 0 Å². The normalized spacial score (nSPS) is 10.2. The minimum Gasteiger partial charge on any atom is -0.493 e. The number of nitrogens with one attached hydrogen (secondary N) is 1. The van der Waals surface area contributed by atoms with Crippen molar-refractivity contribution in [3.8, 4) is 11.5 Å². The molecule has 1 aromatic carbocycles. The molecular weight excluding hydrogens is 250 g/mol. The topological polar surface area (TPSA) is 103 Å². The Morgan fingerprint density at radius 3 is 2.74 bits per heavy atom. The molecule has 1 rings (SSSR count). The third kappa shape index (κ3) is 4.30. The van der Waals surface area contributed by atoms with E-state index in [0.717, 1.165) is 0 Å². The first-order valence-electron chi connectivity index (χ1n) is 5.52. The first-order chi connectivity index (χ1) is 9.08. The van der Waals surface area contributed by atoms with Crippen molar-refractivity contribution in [3.63, 3.8) is 0 Å². The highest BCUT2D eigenvalue weighted by Gasteiger charge is 2.06. The first kappa shape index (κ1) is 14.5. The van der Waals surface area contributed by atoms with Gasteiger partial charge in [-0.2, -0.15) is 5.10 Å². The number of primary amides is 1. The summed E-state index contributed by atoms with van der Waals surface area (Å²) in [6, 6.07) is 5.13. The third-order valence-electron chi connectivity index (χ3n) is 2.09. The average molecular weight is 265 g/mol. The molecule has 0 aliphatic heterocycles. The Morgan fingerprint density at radius 2 is 2.16 bits per heavy atom. The van der Waals surface area contributed by atoms with Crippen molar-refractivity contribution in [1.29, 1.82) is 0 Å². The molecular formula is C12H15N3O4.